The van der Waals surface area contributed by atoms with Crippen molar-refractivity contribution in [3.05, 3.63) is 18.2 Å². The van der Waals surface area contributed by atoms with Crippen LogP contribution in [0.3, 0.4) is 0 Å². The molecule has 1 aromatic carbocycles. The summed E-state index contributed by atoms with van der Waals surface area (Å²) in [6.45, 7) is 2.94. The molecule has 0 amide bonds. The molecule has 2 rings (SSSR count). The fourth-order valence-corrected chi connectivity index (χ4v) is 3.05. The summed E-state index contributed by atoms with van der Waals surface area (Å²) >= 11 is 0. The molecule has 1 heterocycles. The molecule has 0 saturated heterocycles. The van der Waals surface area contributed by atoms with E-state index in [0.717, 1.165) is 0 Å². The van der Waals surface area contributed by atoms with Gasteiger partial charge in [-0.15, -0.1) is 0 Å². The highest BCUT2D eigenvalue weighted by Crippen LogP contribution is 2.32. The van der Waals surface area contributed by atoms with Gasteiger partial charge in [0.15, 0.2) is 11.5 Å². The lowest BCUT2D eigenvalue weighted by atomic mass is 10.3. The molecule has 0 aliphatic carbocycles. The highest BCUT2D eigenvalue weighted by molar-refractivity contribution is 7.89. The minimum absolute atomic E-state index is 0.153. The van der Waals surface area contributed by atoms with Crippen molar-refractivity contribution in [3.63, 3.8) is 0 Å². The number of rotatable bonds is 5. The van der Waals surface area contributed by atoms with E-state index in [0.29, 0.717) is 31.3 Å². The van der Waals surface area contributed by atoms with Crippen molar-refractivity contribution in [3.8, 4) is 11.5 Å². The van der Waals surface area contributed by atoms with Gasteiger partial charge >= 0.3 is 0 Å². The molecule has 0 radical (unpaired) electrons. The van der Waals surface area contributed by atoms with E-state index < -0.39 is 10.0 Å². The number of benzene rings is 1. The van der Waals surface area contributed by atoms with E-state index in [1.54, 1.807) is 13.0 Å². The van der Waals surface area contributed by atoms with Crippen LogP contribution in [0.25, 0.3) is 0 Å². The lowest BCUT2D eigenvalue weighted by molar-refractivity contribution is 0.171. The van der Waals surface area contributed by atoms with E-state index in [1.807, 2.05) is 0 Å². The molecular formula is C12H17NO5S. The van der Waals surface area contributed by atoms with Gasteiger partial charge in [-0.05, 0) is 19.1 Å². The monoisotopic (exact) mass is 287 g/mol. The molecule has 1 atom stereocenters. The average molecular weight is 287 g/mol. The van der Waals surface area contributed by atoms with Crippen LogP contribution < -0.4 is 14.2 Å². The van der Waals surface area contributed by atoms with Gasteiger partial charge < -0.3 is 14.2 Å². The fraction of sp³-hybridized carbons (Fsp3) is 0.500. The quantitative estimate of drug-likeness (QED) is 0.866. The summed E-state index contributed by atoms with van der Waals surface area (Å²) in [5, 5.41) is 0. The molecule has 0 fully saturated rings. The summed E-state index contributed by atoms with van der Waals surface area (Å²) in [7, 11) is -2.06. The number of fused-ring (bicyclic) bond motifs is 1. The van der Waals surface area contributed by atoms with Crippen molar-refractivity contribution in [1.82, 2.24) is 4.72 Å². The lowest BCUT2D eigenvalue weighted by Gasteiger charge is -2.19. The van der Waals surface area contributed by atoms with Crippen LogP contribution >= 0.6 is 0 Å². The summed E-state index contributed by atoms with van der Waals surface area (Å²) < 4.78 is 42.4. The minimum Gasteiger partial charge on any atom is -0.486 e. The predicted molar refractivity (Wildman–Crippen MR) is 69.1 cm³/mol. The van der Waals surface area contributed by atoms with Gasteiger partial charge in [0.2, 0.25) is 10.0 Å². The Morgan fingerprint density at radius 3 is 2.68 bits per heavy atom. The molecule has 0 saturated carbocycles. The number of nitrogens with one attached hydrogen (secondary N) is 1. The second-order valence-corrected chi connectivity index (χ2v) is 6.00. The second kappa shape index (κ2) is 5.77. The molecule has 6 nitrogen and oxygen atoms in total. The molecule has 1 aliphatic heterocycles. The Bertz CT molecular complexity index is 543. The molecule has 7 heteroatoms. The zero-order valence-corrected chi connectivity index (χ0v) is 11.7. The Hall–Kier alpha value is -1.31. The van der Waals surface area contributed by atoms with Crippen LogP contribution in [0, 0.1) is 0 Å². The molecule has 0 unspecified atom stereocenters. The van der Waals surface area contributed by atoms with Crippen molar-refractivity contribution >= 4 is 10.0 Å². The molecule has 0 spiro atoms. The van der Waals surface area contributed by atoms with Crippen molar-refractivity contribution in [2.24, 2.45) is 0 Å². The van der Waals surface area contributed by atoms with Crippen molar-refractivity contribution in [2.45, 2.75) is 17.9 Å². The van der Waals surface area contributed by atoms with Crippen LogP contribution in [-0.2, 0) is 14.8 Å². The SMILES string of the molecule is COC[C@@H](C)NS(=O)(=O)c1ccc2c(c1)OCCO2. The molecule has 0 bridgehead atoms. The number of hydrogen-bond acceptors (Lipinski definition) is 5. The molecule has 1 aliphatic rings. The zero-order chi connectivity index (χ0) is 13.9. The van der Waals surface area contributed by atoms with Crippen LogP contribution in [0.5, 0.6) is 11.5 Å². The minimum atomic E-state index is -3.58. The second-order valence-electron chi connectivity index (χ2n) is 4.28. The first-order valence-electron chi connectivity index (χ1n) is 5.94. The zero-order valence-electron chi connectivity index (χ0n) is 10.9. The molecule has 1 N–H and O–H groups in total. The van der Waals surface area contributed by atoms with E-state index in [9.17, 15) is 8.42 Å². The van der Waals surface area contributed by atoms with Gasteiger partial charge in [-0.25, -0.2) is 13.1 Å². The van der Waals surface area contributed by atoms with Crippen LogP contribution in [0.1, 0.15) is 6.92 Å². The topological polar surface area (TPSA) is 73.9 Å². The third kappa shape index (κ3) is 3.37. The highest BCUT2D eigenvalue weighted by Gasteiger charge is 2.21. The van der Waals surface area contributed by atoms with Crippen LogP contribution in [0.4, 0.5) is 0 Å². The van der Waals surface area contributed by atoms with E-state index in [1.165, 1.54) is 19.2 Å². The van der Waals surface area contributed by atoms with E-state index in [-0.39, 0.29) is 10.9 Å². The first kappa shape index (κ1) is 14.1. The number of hydrogen-bond donors (Lipinski definition) is 1. The average Bonchev–Trinajstić information content (AvgIpc) is 2.37. The fourth-order valence-electron chi connectivity index (χ4n) is 1.81. The van der Waals surface area contributed by atoms with Crippen LogP contribution in [0.15, 0.2) is 23.1 Å². The lowest BCUT2D eigenvalue weighted by Crippen LogP contribution is -2.35. The maximum Gasteiger partial charge on any atom is 0.241 e. The molecule has 0 aromatic heterocycles. The number of ether oxygens (including phenoxy) is 3. The third-order valence-electron chi connectivity index (χ3n) is 2.60. The third-order valence-corrected chi connectivity index (χ3v) is 4.18. The summed E-state index contributed by atoms with van der Waals surface area (Å²) in [6, 6.07) is 4.26. The maximum atomic E-state index is 12.1. The standard InChI is InChI=1S/C12H17NO5S/c1-9(8-16-2)13-19(14,15)10-3-4-11-12(7-10)18-6-5-17-11/h3-4,7,9,13H,5-6,8H2,1-2H3/t9-/m1/s1. The van der Waals surface area contributed by atoms with Crippen molar-refractivity contribution in [1.29, 1.82) is 0 Å². The normalized spacial score (nSPS) is 16.1. The van der Waals surface area contributed by atoms with Gasteiger partial charge in [-0.3, -0.25) is 0 Å². The molecular weight excluding hydrogens is 270 g/mol. The number of methoxy groups -OCH3 is 1. The summed E-state index contributed by atoms with van der Waals surface area (Å²) in [4.78, 5) is 0.153. The maximum absolute atomic E-state index is 12.1. The van der Waals surface area contributed by atoms with Crippen LogP contribution in [-0.4, -0.2) is 41.4 Å². The number of sulfonamides is 1. The van der Waals surface area contributed by atoms with Crippen molar-refractivity contribution < 1.29 is 22.6 Å². The Morgan fingerprint density at radius 1 is 1.32 bits per heavy atom. The largest absolute Gasteiger partial charge is 0.486 e. The van der Waals surface area contributed by atoms with Gasteiger partial charge in [0.1, 0.15) is 13.2 Å². The molecule has 106 valence electrons. The van der Waals surface area contributed by atoms with Gasteiger partial charge in [-0.1, -0.05) is 0 Å². The summed E-state index contributed by atoms with van der Waals surface area (Å²) in [5.74, 6) is 1.02. The molecule has 1 aromatic rings. The predicted octanol–water partition coefficient (Wildman–Crippen LogP) is 0.771. The Labute approximate surface area is 112 Å². The van der Waals surface area contributed by atoms with Crippen molar-refractivity contribution in [2.75, 3.05) is 26.9 Å². The van der Waals surface area contributed by atoms with Gasteiger partial charge in [-0.2, -0.15) is 0 Å². The van der Waals surface area contributed by atoms with Gasteiger partial charge in [0.05, 0.1) is 11.5 Å². The Morgan fingerprint density at radius 2 is 2.00 bits per heavy atom. The highest BCUT2D eigenvalue weighted by atomic mass is 32.2. The smallest absolute Gasteiger partial charge is 0.241 e. The first-order valence-corrected chi connectivity index (χ1v) is 7.42. The summed E-state index contributed by atoms with van der Waals surface area (Å²) in [5.41, 5.74) is 0. The van der Waals surface area contributed by atoms with Crippen LogP contribution in [0.2, 0.25) is 0 Å². The first-order chi connectivity index (χ1) is 9.03. The molecule has 19 heavy (non-hydrogen) atoms. The Kier molecular flexibility index (Phi) is 4.28. The van der Waals surface area contributed by atoms with Gasteiger partial charge in [0, 0.05) is 19.2 Å². The van der Waals surface area contributed by atoms with E-state index >= 15 is 0 Å². The van der Waals surface area contributed by atoms with Gasteiger partial charge in [0.25, 0.3) is 0 Å². The van der Waals surface area contributed by atoms with E-state index in [4.69, 9.17) is 14.2 Å². The summed E-state index contributed by atoms with van der Waals surface area (Å²) in [6.07, 6.45) is 0. The van der Waals surface area contributed by atoms with E-state index in [2.05, 4.69) is 4.72 Å². The Balaban J connectivity index is 2.21.